The van der Waals surface area contributed by atoms with Crippen LogP contribution in [0.5, 0.6) is 11.5 Å². The number of carbonyl (C=O) groups is 2. The molecule has 0 bridgehead atoms. The number of aliphatic imine (C=N–C) groups is 1. The number of nitrogens with two attached hydrogens (primary N) is 2. The number of nitrogens with zero attached hydrogens (tertiary/aromatic N) is 2. The van der Waals surface area contributed by atoms with Crippen LogP contribution in [0.1, 0.15) is 58.8 Å². The van der Waals surface area contributed by atoms with E-state index in [-0.39, 0.29) is 51.7 Å². The fraction of sp³-hybridized carbons (Fsp3) is 0.375. The summed E-state index contributed by atoms with van der Waals surface area (Å²) in [5.74, 6) is -4.89. The van der Waals surface area contributed by atoms with Crippen molar-refractivity contribution < 1.29 is 41.0 Å². The molecule has 0 spiro atoms. The Morgan fingerprint density at radius 2 is 1.87 bits per heavy atom. The fourth-order valence-electron chi connectivity index (χ4n) is 5.13. The summed E-state index contributed by atoms with van der Waals surface area (Å²) in [4.78, 5) is 34.3. The monoisotopic (exact) mass is 643 g/mol. The zero-order valence-corrected chi connectivity index (χ0v) is 24.4. The van der Waals surface area contributed by atoms with Gasteiger partial charge in [-0.2, -0.15) is 13.2 Å². The predicted molar refractivity (Wildman–Crippen MR) is 158 cm³/mol. The average molecular weight is 644 g/mol. The Morgan fingerprint density at radius 1 is 1.15 bits per heavy atom. The minimum Gasteiger partial charge on any atom is -0.489 e. The van der Waals surface area contributed by atoms with Crippen molar-refractivity contribution in [1.82, 2.24) is 10.3 Å². The third-order valence-electron chi connectivity index (χ3n) is 8.23. The quantitative estimate of drug-likeness (QED) is 0.156. The van der Waals surface area contributed by atoms with Gasteiger partial charge in [-0.1, -0.05) is 0 Å². The van der Waals surface area contributed by atoms with Gasteiger partial charge >= 0.3 is 6.18 Å². The van der Waals surface area contributed by atoms with Crippen molar-refractivity contribution in [2.45, 2.75) is 55.3 Å². The van der Waals surface area contributed by atoms with Crippen LogP contribution in [0.3, 0.4) is 0 Å². The maximum absolute atomic E-state index is 14.7. The molecule has 1 aromatic heterocycles. The zero-order chi connectivity index (χ0) is 32.8. The van der Waals surface area contributed by atoms with E-state index in [0.29, 0.717) is 5.56 Å². The summed E-state index contributed by atoms with van der Waals surface area (Å²) >= 11 is 0. The van der Waals surface area contributed by atoms with Gasteiger partial charge < -0.3 is 26.3 Å². The zero-order valence-electron chi connectivity index (χ0n) is 24.4. The van der Waals surface area contributed by atoms with Gasteiger partial charge in [-0.15, -0.1) is 0 Å². The van der Waals surface area contributed by atoms with Crippen LogP contribution >= 0.6 is 0 Å². The Kier molecular flexibility index (Phi) is 8.07. The van der Waals surface area contributed by atoms with Gasteiger partial charge in [-0.25, -0.2) is 13.8 Å². The number of benzene rings is 2. The first-order valence-electron chi connectivity index (χ1n) is 14.7. The van der Waals surface area contributed by atoms with E-state index in [4.69, 9.17) is 20.9 Å². The lowest BCUT2D eigenvalue weighted by atomic mass is 9.81. The summed E-state index contributed by atoms with van der Waals surface area (Å²) in [5.41, 5.74) is 9.55. The van der Waals surface area contributed by atoms with E-state index < -0.39 is 60.7 Å². The van der Waals surface area contributed by atoms with Gasteiger partial charge in [-0.3, -0.25) is 14.6 Å². The van der Waals surface area contributed by atoms with Gasteiger partial charge in [0, 0.05) is 35.0 Å². The highest BCUT2D eigenvalue weighted by Gasteiger charge is 2.50. The number of halogens is 5. The highest BCUT2D eigenvalue weighted by Crippen LogP contribution is 2.47. The number of nitrogen functional groups attached to an aromatic ring is 1. The van der Waals surface area contributed by atoms with E-state index in [1.165, 1.54) is 30.5 Å². The van der Waals surface area contributed by atoms with Crippen molar-refractivity contribution in [2.75, 3.05) is 25.6 Å². The van der Waals surface area contributed by atoms with Gasteiger partial charge in [0.2, 0.25) is 5.91 Å². The number of amides is 2. The molecule has 3 aliphatic rings. The van der Waals surface area contributed by atoms with Crippen molar-refractivity contribution in [3.63, 3.8) is 0 Å². The van der Waals surface area contributed by atoms with Crippen LogP contribution < -0.4 is 26.3 Å². The Bertz CT molecular complexity index is 1710. The Balaban J connectivity index is 1.35. The molecule has 0 radical (unpaired) electrons. The molecule has 2 amide bonds. The Labute approximate surface area is 260 Å². The molecule has 3 aromatic rings. The molecule has 2 saturated carbocycles. The smallest absolute Gasteiger partial charge is 0.398 e. The maximum atomic E-state index is 14.7. The molecule has 2 heterocycles. The number of primary amides is 1. The van der Waals surface area contributed by atoms with E-state index in [2.05, 4.69) is 15.3 Å². The van der Waals surface area contributed by atoms with Crippen LogP contribution in [0, 0.1) is 5.82 Å². The van der Waals surface area contributed by atoms with Crippen LogP contribution in [0.15, 0.2) is 47.5 Å². The number of ether oxygens (including phenoxy) is 2. The third-order valence-corrected chi connectivity index (χ3v) is 8.23. The molecular formula is C32H30F5N5O4. The summed E-state index contributed by atoms with van der Waals surface area (Å²) in [7, 11) is 0. The fourth-order valence-corrected chi connectivity index (χ4v) is 5.13. The number of fused-ring (bicyclic) bond motifs is 1. The van der Waals surface area contributed by atoms with E-state index >= 15 is 0 Å². The molecule has 0 saturated heterocycles. The molecule has 46 heavy (non-hydrogen) atoms. The lowest BCUT2D eigenvalue weighted by Gasteiger charge is -2.24. The highest BCUT2D eigenvalue weighted by molar-refractivity contribution is 5.99. The molecule has 0 unspecified atom stereocenters. The number of hydrogen-bond donors (Lipinski definition) is 3. The van der Waals surface area contributed by atoms with E-state index in [9.17, 15) is 31.5 Å². The van der Waals surface area contributed by atoms with Gasteiger partial charge in [0.05, 0.1) is 23.5 Å². The van der Waals surface area contributed by atoms with E-state index in [1.807, 2.05) is 0 Å². The van der Waals surface area contributed by atoms with Crippen molar-refractivity contribution in [3.8, 4) is 22.8 Å². The molecule has 1 aliphatic heterocycles. The van der Waals surface area contributed by atoms with Gasteiger partial charge in [-0.05, 0) is 68.1 Å². The second kappa shape index (κ2) is 11.9. The number of alkyl halides is 4. The minimum absolute atomic E-state index is 0.00973. The summed E-state index contributed by atoms with van der Waals surface area (Å²) in [5, 5.41) is 2.33. The van der Waals surface area contributed by atoms with Crippen LogP contribution in [0.25, 0.3) is 11.3 Å². The molecular weight excluding hydrogens is 613 g/mol. The third kappa shape index (κ3) is 6.20. The Hall–Kier alpha value is -4.75. The van der Waals surface area contributed by atoms with Gasteiger partial charge in [0.15, 0.2) is 0 Å². The van der Waals surface area contributed by atoms with Gasteiger partial charge in [0.1, 0.15) is 47.6 Å². The molecule has 242 valence electrons. The number of hydrogen-bond acceptors (Lipinski definition) is 7. The minimum atomic E-state index is -4.96. The maximum Gasteiger partial charge on any atom is 0.398 e. The molecule has 2 atom stereocenters. The van der Waals surface area contributed by atoms with Crippen LogP contribution in [0.2, 0.25) is 0 Å². The van der Waals surface area contributed by atoms with E-state index in [1.54, 1.807) is 0 Å². The first kappa shape index (κ1) is 31.2. The molecule has 9 nitrogen and oxygen atoms in total. The lowest BCUT2D eigenvalue weighted by Crippen LogP contribution is -2.44. The number of rotatable bonds is 11. The molecule has 2 aliphatic carbocycles. The second-order valence-electron chi connectivity index (χ2n) is 11.8. The van der Waals surface area contributed by atoms with Gasteiger partial charge in [0.25, 0.3) is 5.91 Å². The number of aromatic nitrogens is 1. The SMILES string of the molecule is NC(=O)[C@@]1(CF)COc2c1cc([C@@H](CNC(=O)c1cc(C=NC3CC3)c(N)c(OC3CC3)c1)C(F)(F)F)nc2-c1ccc(F)cc1. The van der Waals surface area contributed by atoms with Crippen molar-refractivity contribution in [3.05, 3.63) is 70.7 Å². The number of pyridine rings is 1. The summed E-state index contributed by atoms with van der Waals surface area (Å²) in [6, 6.07) is 8.57. The first-order valence-corrected chi connectivity index (χ1v) is 14.7. The summed E-state index contributed by atoms with van der Waals surface area (Å²) in [6.07, 6.45) is -0.00434. The molecule has 6 rings (SSSR count). The first-order chi connectivity index (χ1) is 21.9. The van der Waals surface area contributed by atoms with Crippen molar-refractivity contribution in [2.24, 2.45) is 10.7 Å². The normalized spacial score (nSPS) is 19.8. The summed E-state index contributed by atoms with van der Waals surface area (Å²) < 4.78 is 83.5. The topological polar surface area (TPSA) is 142 Å². The number of nitrogens with one attached hydrogen (secondary N) is 1. The molecule has 2 aromatic carbocycles. The number of anilines is 1. The van der Waals surface area contributed by atoms with Crippen molar-refractivity contribution in [1.29, 1.82) is 0 Å². The second-order valence-corrected chi connectivity index (χ2v) is 11.8. The summed E-state index contributed by atoms with van der Waals surface area (Å²) in [6.45, 7) is -2.87. The highest BCUT2D eigenvalue weighted by atomic mass is 19.4. The van der Waals surface area contributed by atoms with Crippen LogP contribution in [0.4, 0.5) is 27.6 Å². The van der Waals surface area contributed by atoms with E-state index in [0.717, 1.165) is 43.9 Å². The van der Waals surface area contributed by atoms with Crippen LogP contribution in [-0.2, 0) is 10.2 Å². The average Bonchev–Trinajstić information content (AvgIpc) is 3.95. The number of carbonyl (C=O) groups excluding carboxylic acids is 2. The Morgan fingerprint density at radius 3 is 2.48 bits per heavy atom. The predicted octanol–water partition coefficient (Wildman–Crippen LogP) is 4.75. The molecule has 2 fully saturated rings. The lowest BCUT2D eigenvalue weighted by molar-refractivity contribution is -0.149. The largest absolute Gasteiger partial charge is 0.489 e. The standard InChI is InChI=1S/C32H30F5N5O4/c33-14-31(30(39)44)15-45-28-22(31)11-24(42-27(28)16-1-3-19(34)4-2-16)23(32(35,36)37)13-41-29(43)17-9-18(12-40-20-5-6-20)26(38)25(10-17)46-21-7-8-21/h1-4,9-12,20-21,23H,5-8,13-15,38H2,(H2,39,44)(H,41,43)/t23-,31+/m1/s1. The van der Waals surface area contributed by atoms with Crippen LogP contribution in [-0.4, -0.2) is 61.2 Å². The molecule has 14 heteroatoms. The van der Waals surface area contributed by atoms with Crippen molar-refractivity contribution >= 4 is 23.7 Å². The molecule has 5 N–H and O–H groups in total.